The summed E-state index contributed by atoms with van der Waals surface area (Å²) in [5, 5.41) is 5.95. The molecule has 0 N–H and O–H groups in total. The molecule has 58 heavy (non-hydrogen) atoms. The molecule has 0 saturated heterocycles. The van der Waals surface area contributed by atoms with E-state index in [1.54, 1.807) is 0 Å². The second kappa shape index (κ2) is 13.0. The van der Waals surface area contributed by atoms with E-state index in [9.17, 15) is 0 Å². The standard InChI is InChI=1S/C54H37N3O/c1-3-17-37(18-4-1)55-46-27-13-9-23-42(46)53-47(55)28-15-29-48(53)57(49-30-16-32-52-54(49)43-24-10-14-31-51(43)58-52)44-25-11-7-21-39(44)36-33-34-41-40-22-8-12-26-45(40)56(50(41)35-36)38-19-5-2-6-20-38/h1-8,10-22,24-35H,9,23H2. The Bertz CT molecular complexity index is 3400. The van der Waals surface area contributed by atoms with Crippen LogP contribution in [0.1, 0.15) is 17.7 Å². The first-order valence-corrected chi connectivity index (χ1v) is 20.1. The van der Waals surface area contributed by atoms with Crippen molar-refractivity contribution < 1.29 is 4.42 Å². The number of aromatic nitrogens is 2. The quantitative estimate of drug-likeness (QED) is 0.170. The van der Waals surface area contributed by atoms with E-state index in [2.05, 4.69) is 214 Å². The molecule has 1 aliphatic carbocycles. The van der Waals surface area contributed by atoms with E-state index < -0.39 is 0 Å². The molecule has 11 aromatic rings. The normalized spacial score (nSPS) is 12.6. The highest BCUT2D eigenvalue weighted by molar-refractivity contribution is 6.16. The number of allylic oxidation sites excluding steroid dienone is 1. The van der Waals surface area contributed by atoms with E-state index in [-0.39, 0.29) is 0 Å². The predicted molar refractivity (Wildman–Crippen MR) is 242 cm³/mol. The molecule has 0 radical (unpaired) electrons. The zero-order valence-electron chi connectivity index (χ0n) is 31.7. The number of benzene rings is 8. The molecular weight excluding hydrogens is 707 g/mol. The number of nitrogens with zero attached hydrogens (tertiary/aromatic N) is 3. The third kappa shape index (κ3) is 4.88. The van der Waals surface area contributed by atoms with E-state index in [1.165, 1.54) is 44.0 Å². The van der Waals surface area contributed by atoms with E-state index >= 15 is 0 Å². The molecule has 0 spiro atoms. The highest BCUT2D eigenvalue weighted by atomic mass is 16.3. The molecular formula is C54H37N3O. The lowest BCUT2D eigenvalue weighted by Crippen LogP contribution is -2.12. The second-order valence-electron chi connectivity index (χ2n) is 15.2. The molecule has 0 amide bonds. The van der Waals surface area contributed by atoms with Crippen molar-refractivity contribution in [3.05, 3.63) is 205 Å². The molecule has 0 unspecified atom stereocenters. The number of furan rings is 1. The van der Waals surface area contributed by atoms with Gasteiger partial charge in [-0.1, -0.05) is 121 Å². The van der Waals surface area contributed by atoms with Crippen LogP contribution >= 0.6 is 0 Å². The Morgan fingerprint density at radius 3 is 1.91 bits per heavy atom. The lowest BCUT2D eigenvalue weighted by Gasteiger charge is -2.29. The molecule has 0 bridgehead atoms. The Labute approximate surface area is 335 Å². The SMILES string of the molecule is C1=Cc2c(c3c(N(c4ccccc4-c4ccc5c6ccccc6n(-c6ccccc6)c5c4)c4cccc5oc6ccccc6c45)cccc3n2-c2ccccc2)CC1. The Morgan fingerprint density at radius 1 is 0.448 bits per heavy atom. The Balaban J connectivity index is 1.17. The van der Waals surface area contributed by atoms with Crippen LogP contribution in [0.5, 0.6) is 0 Å². The maximum absolute atomic E-state index is 6.56. The number of hydrogen-bond acceptors (Lipinski definition) is 2. The van der Waals surface area contributed by atoms with Crippen molar-refractivity contribution in [3.63, 3.8) is 0 Å². The first kappa shape index (κ1) is 32.7. The molecule has 1 aliphatic rings. The average molecular weight is 744 g/mol. The van der Waals surface area contributed by atoms with Crippen molar-refractivity contribution >= 4 is 77.8 Å². The zero-order valence-corrected chi connectivity index (χ0v) is 31.7. The first-order valence-electron chi connectivity index (χ1n) is 20.1. The van der Waals surface area contributed by atoms with Gasteiger partial charge in [0.25, 0.3) is 0 Å². The summed E-state index contributed by atoms with van der Waals surface area (Å²) in [6.07, 6.45) is 6.60. The smallest absolute Gasteiger partial charge is 0.137 e. The van der Waals surface area contributed by atoms with Crippen LogP contribution in [0, 0.1) is 0 Å². The van der Waals surface area contributed by atoms with Gasteiger partial charge in [0.1, 0.15) is 11.2 Å². The summed E-state index contributed by atoms with van der Waals surface area (Å²) in [7, 11) is 0. The second-order valence-corrected chi connectivity index (χ2v) is 15.2. The van der Waals surface area contributed by atoms with Crippen LogP contribution in [-0.2, 0) is 6.42 Å². The largest absolute Gasteiger partial charge is 0.456 e. The predicted octanol–water partition coefficient (Wildman–Crippen LogP) is 14.7. The van der Waals surface area contributed by atoms with Crippen molar-refractivity contribution in [3.8, 4) is 22.5 Å². The molecule has 274 valence electrons. The minimum Gasteiger partial charge on any atom is -0.456 e. The van der Waals surface area contributed by atoms with Gasteiger partial charge in [0.05, 0.1) is 39.0 Å². The van der Waals surface area contributed by atoms with Crippen LogP contribution in [0.3, 0.4) is 0 Å². The highest BCUT2D eigenvalue weighted by Crippen LogP contribution is 2.50. The topological polar surface area (TPSA) is 26.2 Å². The number of anilines is 3. The molecule has 4 heteroatoms. The van der Waals surface area contributed by atoms with Crippen LogP contribution in [0.25, 0.3) is 83.2 Å². The van der Waals surface area contributed by atoms with Crippen molar-refractivity contribution in [2.24, 2.45) is 0 Å². The van der Waals surface area contributed by atoms with Gasteiger partial charge in [-0.3, -0.25) is 0 Å². The molecule has 0 fully saturated rings. The van der Waals surface area contributed by atoms with Crippen molar-refractivity contribution in [1.82, 2.24) is 9.13 Å². The third-order valence-corrected chi connectivity index (χ3v) is 12.0. The molecule has 12 rings (SSSR count). The van der Waals surface area contributed by atoms with Gasteiger partial charge in [-0.15, -0.1) is 0 Å². The molecule has 8 aromatic carbocycles. The third-order valence-electron chi connectivity index (χ3n) is 12.0. The number of rotatable bonds is 6. The van der Waals surface area contributed by atoms with Crippen LogP contribution in [0.15, 0.2) is 199 Å². The average Bonchev–Trinajstić information content (AvgIpc) is 3.95. The summed E-state index contributed by atoms with van der Waals surface area (Å²) >= 11 is 0. The molecule has 4 nitrogen and oxygen atoms in total. The molecule has 0 aliphatic heterocycles. The summed E-state index contributed by atoms with van der Waals surface area (Å²) < 4.78 is 11.4. The van der Waals surface area contributed by atoms with Crippen LogP contribution < -0.4 is 4.90 Å². The van der Waals surface area contributed by atoms with Crippen molar-refractivity contribution in [2.75, 3.05) is 4.90 Å². The lowest BCUT2D eigenvalue weighted by molar-refractivity contribution is 0.669. The maximum atomic E-state index is 6.56. The maximum Gasteiger partial charge on any atom is 0.137 e. The summed E-state index contributed by atoms with van der Waals surface area (Å²) in [5.41, 5.74) is 15.9. The summed E-state index contributed by atoms with van der Waals surface area (Å²) in [6, 6.07) is 67.8. The van der Waals surface area contributed by atoms with Crippen molar-refractivity contribution in [2.45, 2.75) is 12.8 Å². The van der Waals surface area contributed by atoms with Gasteiger partial charge in [-0.25, -0.2) is 0 Å². The number of hydrogen-bond donors (Lipinski definition) is 0. The van der Waals surface area contributed by atoms with Gasteiger partial charge in [0.15, 0.2) is 0 Å². The molecule has 0 atom stereocenters. The van der Waals surface area contributed by atoms with Gasteiger partial charge in [0, 0.05) is 44.2 Å². The molecule has 3 heterocycles. The Morgan fingerprint density at radius 2 is 1.07 bits per heavy atom. The number of para-hydroxylation sites is 5. The minimum absolute atomic E-state index is 0.869. The van der Waals surface area contributed by atoms with E-state index in [0.717, 1.165) is 74.3 Å². The zero-order chi connectivity index (χ0) is 38.2. The lowest BCUT2D eigenvalue weighted by atomic mass is 9.97. The highest BCUT2D eigenvalue weighted by Gasteiger charge is 2.28. The fraction of sp³-hybridized carbons (Fsp3) is 0.0370. The van der Waals surface area contributed by atoms with E-state index in [1.807, 2.05) is 0 Å². The van der Waals surface area contributed by atoms with Gasteiger partial charge < -0.3 is 18.5 Å². The monoisotopic (exact) mass is 743 g/mol. The van der Waals surface area contributed by atoms with Crippen LogP contribution in [0.4, 0.5) is 17.1 Å². The Kier molecular flexibility index (Phi) is 7.32. The molecule has 3 aromatic heterocycles. The van der Waals surface area contributed by atoms with Crippen molar-refractivity contribution in [1.29, 1.82) is 0 Å². The van der Waals surface area contributed by atoms with Gasteiger partial charge in [-0.2, -0.15) is 0 Å². The Hall–Kier alpha value is -7.56. The van der Waals surface area contributed by atoms with E-state index in [0.29, 0.717) is 0 Å². The van der Waals surface area contributed by atoms with Crippen LogP contribution in [0.2, 0.25) is 0 Å². The van der Waals surface area contributed by atoms with Crippen LogP contribution in [-0.4, -0.2) is 9.13 Å². The summed E-state index contributed by atoms with van der Waals surface area (Å²) in [5.74, 6) is 0. The fourth-order valence-electron chi connectivity index (χ4n) is 9.55. The fourth-order valence-corrected chi connectivity index (χ4v) is 9.55. The number of aryl methyl sites for hydroxylation is 1. The molecule has 0 saturated carbocycles. The summed E-state index contributed by atoms with van der Waals surface area (Å²) in [4.78, 5) is 2.51. The first-order chi connectivity index (χ1) is 28.8. The van der Waals surface area contributed by atoms with E-state index in [4.69, 9.17) is 4.42 Å². The number of fused-ring (bicyclic) bond motifs is 9. The van der Waals surface area contributed by atoms with Gasteiger partial charge in [0.2, 0.25) is 0 Å². The minimum atomic E-state index is 0.869. The summed E-state index contributed by atoms with van der Waals surface area (Å²) in [6.45, 7) is 0. The van der Waals surface area contributed by atoms with Gasteiger partial charge in [-0.05, 0) is 103 Å². The van der Waals surface area contributed by atoms with Gasteiger partial charge >= 0.3 is 0 Å².